The fourth-order valence-corrected chi connectivity index (χ4v) is 7.13. The molecule has 0 bridgehead atoms. The first kappa shape index (κ1) is 41.9. The third-order valence-corrected chi connectivity index (χ3v) is 9.96. The SMILES string of the molecule is C[C@@H]1NC(C)(C)CO[C@@]1(O)c1cccc(Cl)c1.C[C@@H]1NC(C)(C)CO[C@@]1(O)c1cccc(Cl)c1.C[C@H]1NC(C)(C)CO[C@]1(O)c1cccc(Cl)c1. The maximum atomic E-state index is 10.6. The number of aliphatic hydroxyl groups is 3. The molecule has 3 heterocycles. The van der Waals surface area contributed by atoms with E-state index in [0.29, 0.717) is 51.6 Å². The Morgan fingerprint density at radius 3 is 0.922 bits per heavy atom. The van der Waals surface area contributed by atoms with Crippen LogP contribution in [0.25, 0.3) is 0 Å². The predicted octanol–water partition coefficient (Wildman–Crippen LogP) is 6.82. The lowest BCUT2D eigenvalue weighted by Gasteiger charge is -2.46. The van der Waals surface area contributed by atoms with Crippen molar-refractivity contribution in [2.24, 2.45) is 0 Å². The van der Waals surface area contributed by atoms with Gasteiger partial charge in [0.15, 0.2) is 0 Å². The molecule has 0 spiro atoms. The van der Waals surface area contributed by atoms with E-state index in [0.717, 1.165) is 0 Å². The second kappa shape index (κ2) is 15.9. The summed E-state index contributed by atoms with van der Waals surface area (Å²) in [6.45, 7) is 19.3. The Hall–Kier alpha value is -1.83. The van der Waals surface area contributed by atoms with Crippen LogP contribution < -0.4 is 16.0 Å². The maximum Gasteiger partial charge on any atom is 0.208 e. The van der Waals surface area contributed by atoms with Crippen LogP contribution in [-0.4, -0.2) is 69.9 Å². The molecule has 9 nitrogen and oxygen atoms in total. The molecule has 282 valence electrons. The van der Waals surface area contributed by atoms with E-state index in [1.807, 2.05) is 98.7 Å². The molecule has 6 N–H and O–H groups in total. The second-order valence-electron chi connectivity index (χ2n) is 15.7. The van der Waals surface area contributed by atoms with Crippen molar-refractivity contribution in [3.05, 3.63) is 105 Å². The summed E-state index contributed by atoms with van der Waals surface area (Å²) in [6.07, 6.45) is 0. The molecule has 3 aliphatic heterocycles. The Bertz CT molecular complexity index is 1450. The first-order valence-corrected chi connectivity index (χ1v) is 18.3. The van der Waals surface area contributed by atoms with Gasteiger partial charge < -0.3 is 45.5 Å². The number of hydrogen-bond acceptors (Lipinski definition) is 9. The summed E-state index contributed by atoms with van der Waals surface area (Å²) in [4.78, 5) is 0. The summed E-state index contributed by atoms with van der Waals surface area (Å²) in [5.41, 5.74) is 1.64. The van der Waals surface area contributed by atoms with Gasteiger partial charge in [-0.25, -0.2) is 0 Å². The Balaban J connectivity index is 0.000000172. The van der Waals surface area contributed by atoms with E-state index in [1.54, 1.807) is 36.4 Å². The van der Waals surface area contributed by atoms with Gasteiger partial charge in [-0.2, -0.15) is 0 Å². The van der Waals surface area contributed by atoms with Crippen molar-refractivity contribution in [1.82, 2.24) is 16.0 Å². The first-order valence-electron chi connectivity index (χ1n) is 17.2. The van der Waals surface area contributed by atoms with Crippen LogP contribution in [0.5, 0.6) is 0 Å². The highest BCUT2D eigenvalue weighted by Gasteiger charge is 2.47. The smallest absolute Gasteiger partial charge is 0.208 e. The van der Waals surface area contributed by atoms with Crippen LogP contribution >= 0.6 is 34.8 Å². The number of halogens is 3. The zero-order valence-electron chi connectivity index (χ0n) is 31.0. The van der Waals surface area contributed by atoms with Crippen LogP contribution in [0.1, 0.15) is 79.0 Å². The minimum absolute atomic E-state index is 0.135. The monoisotopic (exact) mass is 765 g/mol. The molecule has 0 aliphatic carbocycles. The first-order chi connectivity index (χ1) is 23.5. The van der Waals surface area contributed by atoms with E-state index >= 15 is 0 Å². The maximum absolute atomic E-state index is 10.6. The highest BCUT2D eigenvalue weighted by atomic mass is 35.5. The highest BCUT2D eigenvalue weighted by molar-refractivity contribution is 6.31. The molecule has 3 fully saturated rings. The van der Waals surface area contributed by atoms with Gasteiger partial charge in [-0.05, 0) is 98.7 Å². The molecule has 0 amide bonds. The van der Waals surface area contributed by atoms with Crippen LogP contribution in [0.3, 0.4) is 0 Å². The topological polar surface area (TPSA) is 124 Å². The van der Waals surface area contributed by atoms with Crippen LogP contribution in [-0.2, 0) is 31.6 Å². The zero-order chi connectivity index (χ0) is 38.0. The Kier molecular flexibility index (Phi) is 13.0. The lowest BCUT2D eigenvalue weighted by molar-refractivity contribution is -0.263. The molecule has 3 aliphatic rings. The van der Waals surface area contributed by atoms with Gasteiger partial charge in [0.05, 0.1) is 37.9 Å². The summed E-state index contributed by atoms with van der Waals surface area (Å²) >= 11 is 17.8. The van der Waals surface area contributed by atoms with Gasteiger partial charge >= 0.3 is 0 Å². The van der Waals surface area contributed by atoms with Gasteiger partial charge in [-0.3, -0.25) is 0 Å². The van der Waals surface area contributed by atoms with Gasteiger partial charge in [-0.15, -0.1) is 0 Å². The number of ether oxygens (including phenoxy) is 3. The van der Waals surface area contributed by atoms with Crippen LogP contribution in [0.15, 0.2) is 72.8 Å². The Labute approximate surface area is 317 Å². The lowest BCUT2D eigenvalue weighted by atomic mass is 9.93. The third-order valence-electron chi connectivity index (χ3n) is 9.26. The van der Waals surface area contributed by atoms with Gasteiger partial charge in [0, 0.05) is 48.4 Å². The predicted molar refractivity (Wildman–Crippen MR) is 204 cm³/mol. The Morgan fingerprint density at radius 2 is 0.725 bits per heavy atom. The van der Waals surface area contributed by atoms with E-state index in [-0.39, 0.29) is 34.7 Å². The molecule has 3 saturated heterocycles. The molecule has 12 heteroatoms. The highest BCUT2D eigenvalue weighted by Crippen LogP contribution is 2.36. The van der Waals surface area contributed by atoms with E-state index in [2.05, 4.69) is 16.0 Å². The van der Waals surface area contributed by atoms with Crippen LogP contribution in [0.2, 0.25) is 15.1 Å². The quantitative estimate of drug-likeness (QED) is 0.171. The number of nitrogens with one attached hydrogen (secondary N) is 3. The molecule has 0 aromatic heterocycles. The molecule has 0 saturated carbocycles. The molecule has 3 aromatic carbocycles. The lowest BCUT2D eigenvalue weighted by Crippen LogP contribution is -2.63. The van der Waals surface area contributed by atoms with Crippen LogP contribution in [0, 0.1) is 0 Å². The molecular formula is C39H54Cl3N3O6. The largest absolute Gasteiger partial charge is 0.361 e. The van der Waals surface area contributed by atoms with Crippen molar-refractivity contribution in [1.29, 1.82) is 0 Å². The van der Waals surface area contributed by atoms with Crippen molar-refractivity contribution >= 4 is 34.8 Å². The van der Waals surface area contributed by atoms with E-state index in [4.69, 9.17) is 49.0 Å². The number of rotatable bonds is 3. The average molecular weight is 767 g/mol. The number of morpholine rings is 3. The number of benzene rings is 3. The van der Waals surface area contributed by atoms with E-state index in [9.17, 15) is 15.3 Å². The minimum Gasteiger partial charge on any atom is -0.361 e. The summed E-state index contributed by atoms with van der Waals surface area (Å²) < 4.78 is 17.0. The second-order valence-corrected chi connectivity index (χ2v) is 17.0. The van der Waals surface area contributed by atoms with E-state index in [1.165, 1.54) is 0 Å². The zero-order valence-corrected chi connectivity index (χ0v) is 33.2. The molecule has 0 radical (unpaired) electrons. The minimum atomic E-state index is -1.32. The summed E-state index contributed by atoms with van der Waals surface area (Å²) in [6, 6.07) is 20.8. The number of hydrogen-bond donors (Lipinski definition) is 6. The fraction of sp³-hybridized carbons (Fsp3) is 0.538. The normalized spacial score (nSPS) is 32.4. The van der Waals surface area contributed by atoms with Gasteiger partial charge in [0.25, 0.3) is 0 Å². The summed E-state index contributed by atoms with van der Waals surface area (Å²) in [5.74, 6) is -3.96. The summed E-state index contributed by atoms with van der Waals surface area (Å²) in [7, 11) is 0. The molecular weight excluding hydrogens is 713 g/mol. The van der Waals surface area contributed by atoms with E-state index < -0.39 is 17.4 Å². The summed E-state index contributed by atoms with van der Waals surface area (Å²) in [5, 5.41) is 43.7. The molecule has 3 aromatic rings. The van der Waals surface area contributed by atoms with Gasteiger partial charge in [-0.1, -0.05) is 71.2 Å². The molecule has 0 unspecified atom stereocenters. The Morgan fingerprint density at radius 1 is 0.490 bits per heavy atom. The third kappa shape index (κ3) is 10.2. The fourth-order valence-electron chi connectivity index (χ4n) is 6.56. The van der Waals surface area contributed by atoms with Gasteiger partial charge in [0.2, 0.25) is 17.4 Å². The molecule has 6 atom stereocenters. The van der Waals surface area contributed by atoms with Crippen molar-refractivity contribution in [3.8, 4) is 0 Å². The van der Waals surface area contributed by atoms with Crippen molar-refractivity contribution in [2.45, 2.75) is 114 Å². The van der Waals surface area contributed by atoms with Crippen LogP contribution in [0.4, 0.5) is 0 Å². The van der Waals surface area contributed by atoms with Crippen molar-refractivity contribution < 1.29 is 29.5 Å². The van der Waals surface area contributed by atoms with Gasteiger partial charge in [0.1, 0.15) is 0 Å². The molecule has 6 rings (SSSR count). The standard InChI is InChI=1S/3C13H18ClNO2/c3*1-9-13(16,17-8-12(2,3)15-9)10-5-4-6-11(14)7-10/h3*4-7,9,15-16H,8H2,1-3H3/t3*9-,13+/m100/s1. The molecule has 51 heavy (non-hydrogen) atoms. The average Bonchev–Trinajstić information content (AvgIpc) is 3.03. The van der Waals surface area contributed by atoms with Crippen molar-refractivity contribution in [2.75, 3.05) is 19.8 Å². The van der Waals surface area contributed by atoms with Crippen molar-refractivity contribution in [3.63, 3.8) is 0 Å².